The third-order valence-electron chi connectivity index (χ3n) is 3.06. The third kappa shape index (κ3) is 3.29. The molecule has 0 unspecified atom stereocenters. The zero-order valence-corrected chi connectivity index (χ0v) is 12.7. The number of nitrogens with zero attached hydrogens (tertiary/aromatic N) is 1. The molecule has 0 amide bonds. The number of rotatable bonds is 6. The van der Waals surface area contributed by atoms with Crippen LogP contribution in [0.4, 0.5) is 0 Å². The molecule has 2 aromatic rings. The molecule has 92 valence electrons. The van der Waals surface area contributed by atoms with Gasteiger partial charge in [0.1, 0.15) is 11.2 Å². The third-order valence-corrected chi connectivity index (χ3v) is 4.70. The Labute approximate surface area is 116 Å². The van der Waals surface area contributed by atoms with Gasteiger partial charge in [-0.3, -0.25) is 0 Å². The largest absolute Gasteiger partial charge is 0.235 e. The number of thiazole rings is 1. The highest BCUT2D eigenvalue weighted by molar-refractivity contribution is 9.09. The van der Waals surface area contributed by atoms with Gasteiger partial charge in [-0.2, -0.15) is 4.57 Å². The van der Waals surface area contributed by atoms with E-state index in [1.165, 1.54) is 40.9 Å². The van der Waals surface area contributed by atoms with Crippen LogP contribution < -0.4 is 4.57 Å². The molecule has 0 fully saturated rings. The van der Waals surface area contributed by atoms with Crippen LogP contribution in [0, 0.1) is 6.92 Å². The minimum atomic E-state index is 1.14. The van der Waals surface area contributed by atoms with Gasteiger partial charge in [0.05, 0.1) is 0 Å². The van der Waals surface area contributed by atoms with Gasteiger partial charge in [0.2, 0.25) is 10.5 Å². The number of hydrogen-bond acceptors (Lipinski definition) is 1. The maximum atomic E-state index is 3.48. The lowest BCUT2D eigenvalue weighted by Gasteiger charge is -1.97. The zero-order valence-electron chi connectivity index (χ0n) is 10.3. The predicted molar refractivity (Wildman–Crippen MR) is 79.0 cm³/mol. The molecule has 0 bridgehead atoms. The molecule has 0 aliphatic rings. The number of para-hydroxylation sites is 1. The Morgan fingerprint density at radius 3 is 2.71 bits per heavy atom. The first kappa shape index (κ1) is 13.0. The SMILES string of the molecule is Cc1sc2ccccc2[n+]1CCCCCCBr. The van der Waals surface area contributed by atoms with Crippen molar-refractivity contribution in [2.24, 2.45) is 0 Å². The van der Waals surface area contributed by atoms with Gasteiger partial charge in [0, 0.05) is 24.7 Å². The van der Waals surface area contributed by atoms with Crippen LogP contribution in [0.5, 0.6) is 0 Å². The fraction of sp³-hybridized carbons (Fsp3) is 0.500. The van der Waals surface area contributed by atoms with E-state index in [9.17, 15) is 0 Å². The van der Waals surface area contributed by atoms with E-state index in [-0.39, 0.29) is 0 Å². The van der Waals surface area contributed by atoms with Gasteiger partial charge in [0.15, 0.2) is 0 Å². The standard InChI is InChI=1S/C14H19BrNS/c1-12-16(11-7-3-2-6-10-15)13-8-4-5-9-14(13)17-12/h4-5,8-9H,2-3,6-7,10-11H2,1H3/q+1. The topological polar surface area (TPSA) is 3.88 Å². The average molecular weight is 313 g/mol. The Kier molecular flexibility index (Phi) is 4.99. The highest BCUT2D eigenvalue weighted by Crippen LogP contribution is 2.19. The summed E-state index contributed by atoms with van der Waals surface area (Å²) in [6, 6.07) is 8.71. The molecule has 3 heteroatoms. The fourth-order valence-corrected chi connectivity index (χ4v) is 3.59. The number of aromatic nitrogens is 1. The van der Waals surface area contributed by atoms with E-state index in [0.29, 0.717) is 0 Å². The van der Waals surface area contributed by atoms with Crippen molar-refractivity contribution in [3.05, 3.63) is 29.3 Å². The fourth-order valence-electron chi connectivity index (χ4n) is 2.15. The molecule has 1 heterocycles. The number of aryl methyl sites for hydroxylation is 2. The van der Waals surface area contributed by atoms with E-state index in [4.69, 9.17) is 0 Å². The molecule has 0 atom stereocenters. The van der Waals surface area contributed by atoms with Crippen molar-refractivity contribution in [1.82, 2.24) is 0 Å². The lowest BCUT2D eigenvalue weighted by molar-refractivity contribution is -0.673. The second-order valence-corrected chi connectivity index (χ2v) is 6.37. The molecule has 0 spiro atoms. The first-order valence-corrected chi connectivity index (χ1v) is 8.20. The summed E-state index contributed by atoms with van der Waals surface area (Å²) < 4.78 is 3.87. The van der Waals surface area contributed by atoms with Gasteiger partial charge in [-0.15, -0.1) is 0 Å². The molecule has 0 saturated carbocycles. The summed E-state index contributed by atoms with van der Waals surface area (Å²) in [5, 5.41) is 2.56. The van der Waals surface area contributed by atoms with Crippen LogP contribution in [0.3, 0.4) is 0 Å². The first-order chi connectivity index (χ1) is 8.33. The van der Waals surface area contributed by atoms with Crippen LogP contribution >= 0.6 is 27.3 Å². The summed E-state index contributed by atoms with van der Waals surface area (Å²) in [6.45, 7) is 3.39. The Balaban J connectivity index is 2.00. The van der Waals surface area contributed by atoms with Crippen molar-refractivity contribution in [3.63, 3.8) is 0 Å². The highest BCUT2D eigenvalue weighted by atomic mass is 79.9. The lowest BCUT2D eigenvalue weighted by Crippen LogP contribution is -2.34. The van der Waals surface area contributed by atoms with Crippen molar-refractivity contribution in [1.29, 1.82) is 0 Å². The molecule has 2 rings (SSSR count). The molecular weight excluding hydrogens is 294 g/mol. The number of hydrogen-bond donors (Lipinski definition) is 0. The van der Waals surface area contributed by atoms with Crippen molar-refractivity contribution in [2.75, 3.05) is 5.33 Å². The van der Waals surface area contributed by atoms with Crippen molar-refractivity contribution in [3.8, 4) is 0 Å². The maximum Gasteiger partial charge on any atom is 0.235 e. The smallest absolute Gasteiger partial charge is 0.186 e. The Bertz CT molecular complexity index is 478. The second-order valence-electron chi connectivity index (χ2n) is 4.34. The van der Waals surface area contributed by atoms with Gasteiger partial charge >= 0.3 is 0 Å². The number of fused-ring (bicyclic) bond motifs is 1. The van der Waals surface area contributed by atoms with E-state index in [2.05, 4.69) is 51.7 Å². The van der Waals surface area contributed by atoms with Gasteiger partial charge in [0.25, 0.3) is 0 Å². The molecule has 0 radical (unpaired) electrons. The normalized spacial score (nSPS) is 11.2. The molecule has 1 aromatic heterocycles. The average Bonchev–Trinajstić information content (AvgIpc) is 2.65. The Morgan fingerprint density at radius 2 is 1.88 bits per heavy atom. The molecule has 0 aliphatic heterocycles. The molecule has 0 saturated heterocycles. The van der Waals surface area contributed by atoms with Crippen LogP contribution in [0.1, 0.15) is 30.7 Å². The quantitative estimate of drug-likeness (QED) is 0.421. The Morgan fingerprint density at radius 1 is 1.12 bits per heavy atom. The summed E-state index contributed by atoms with van der Waals surface area (Å²) in [5.74, 6) is 0. The van der Waals surface area contributed by atoms with Crippen molar-refractivity contribution >= 4 is 37.5 Å². The second kappa shape index (κ2) is 6.50. The highest BCUT2D eigenvalue weighted by Gasteiger charge is 2.15. The van der Waals surface area contributed by atoms with E-state index >= 15 is 0 Å². The monoisotopic (exact) mass is 312 g/mol. The molecule has 0 aliphatic carbocycles. The van der Waals surface area contributed by atoms with Crippen molar-refractivity contribution in [2.45, 2.75) is 39.2 Å². The van der Waals surface area contributed by atoms with E-state index in [1.807, 2.05) is 11.3 Å². The van der Waals surface area contributed by atoms with Gasteiger partial charge < -0.3 is 0 Å². The summed E-state index contributed by atoms with van der Waals surface area (Å²) in [6.07, 6.45) is 5.27. The van der Waals surface area contributed by atoms with Crippen LogP contribution in [0.2, 0.25) is 0 Å². The minimum absolute atomic E-state index is 1.14. The predicted octanol–water partition coefficient (Wildman–Crippen LogP) is 4.45. The molecule has 17 heavy (non-hydrogen) atoms. The van der Waals surface area contributed by atoms with Crippen LogP contribution in [0.15, 0.2) is 24.3 Å². The zero-order chi connectivity index (χ0) is 12.1. The molecular formula is C14H19BrNS+. The van der Waals surface area contributed by atoms with E-state index in [0.717, 1.165) is 11.9 Å². The number of alkyl halides is 1. The number of unbranched alkanes of at least 4 members (excludes halogenated alkanes) is 3. The minimum Gasteiger partial charge on any atom is -0.186 e. The lowest BCUT2D eigenvalue weighted by atomic mass is 10.2. The number of benzene rings is 1. The summed E-state index contributed by atoms with van der Waals surface area (Å²) in [4.78, 5) is 0. The number of halogens is 1. The molecule has 1 nitrogen and oxygen atoms in total. The van der Waals surface area contributed by atoms with Crippen molar-refractivity contribution < 1.29 is 4.57 Å². The Hall–Kier alpha value is -0.410. The summed E-state index contributed by atoms with van der Waals surface area (Å²) in [5.41, 5.74) is 1.40. The molecule has 1 aromatic carbocycles. The maximum absolute atomic E-state index is 3.48. The van der Waals surface area contributed by atoms with E-state index < -0.39 is 0 Å². The molecule has 0 N–H and O–H groups in total. The summed E-state index contributed by atoms with van der Waals surface area (Å²) in [7, 11) is 0. The van der Waals surface area contributed by atoms with E-state index in [1.54, 1.807) is 0 Å². The van der Waals surface area contributed by atoms with Crippen LogP contribution in [0.25, 0.3) is 10.2 Å². The van der Waals surface area contributed by atoms with Crippen LogP contribution in [-0.2, 0) is 6.54 Å². The van der Waals surface area contributed by atoms with Gasteiger partial charge in [-0.05, 0) is 18.9 Å². The first-order valence-electron chi connectivity index (χ1n) is 6.27. The van der Waals surface area contributed by atoms with Crippen LogP contribution in [-0.4, -0.2) is 5.33 Å². The van der Waals surface area contributed by atoms with Gasteiger partial charge in [-0.1, -0.05) is 45.8 Å². The van der Waals surface area contributed by atoms with Gasteiger partial charge in [-0.25, -0.2) is 0 Å². The summed E-state index contributed by atoms with van der Waals surface area (Å²) >= 11 is 5.38.